The maximum Gasteiger partial charge on any atom is 0.119 e. The van der Waals surface area contributed by atoms with Crippen LogP contribution < -0.4 is 10.1 Å². The topological polar surface area (TPSA) is 21.3 Å². The number of rotatable bonds is 6. The Kier molecular flexibility index (Phi) is 5.59. The molecule has 2 unspecified atom stereocenters. The van der Waals surface area contributed by atoms with E-state index in [0.29, 0.717) is 6.04 Å². The molecule has 1 aliphatic carbocycles. The third kappa shape index (κ3) is 4.43. The number of hydrogen-bond donors (Lipinski definition) is 1. The Balaban J connectivity index is 1.82. The lowest BCUT2D eigenvalue weighted by atomic mass is 10.2. The molecule has 0 spiro atoms. The van der Waals surface area contributed by atoms with Crippen molar-refractivity contribution in [2.45, 2.75) is 57.1 Å². The highest BCUT2D eigenvalue weighted by molar-refractivity contribution is 7.99. The van der Waals surface area contributed by atoms with Crippen molar-refractivity contribution in [3.05, 3.63) is 29.8 Å². The molecular formula is C16H25NOS. The first-order valence-corrected chi connectivity index (χ1v) is 8.49. The SMILES string of the molecule is CSC1CCCC1NCc1ccc(OC(C)C)cc1. The minimum atomic E-state index is 0.241. The molecule has 1 saturated carbocycles. The maximum absolute atomic E-state index is 5.66. The van der Waals surface area contributed by atoms with Gasteiger partial charge in [0.2, 0.25) is 0 Å². The van der Waals surface area contributed by atoms with E-state index < -0.39 is 0 Å². The Morgan fingerprint density at radius 3 is 2.63 bits per heavy atom. The van der Waals surface area contributed by atoms with Crippen LogP contribution in [-0.4, -0.2) is 23.7 Å². The highest BCUT2D eigenvalue weighted by atomic mass is 32.2. The molecular weight excluding hydrogens is 254 g/mol. The Morgan fingerprint density at radius 2 is 2.00 bits per heavy atom. The molecule has 2 nitrogen and oxygen atoms in total. The number of hydrogen-bond acceptors (Lipinski definition) is 3. The van der Waals surface area contributed by atoms with Gasteiger partial charge in [0.05, 0.1) is 6.10 Å². The lowest BCUT2D eigenvalue weighted by Crippen LogP contribution is -2.33. The van der Waals surface area contributed by atoms with E-state index in [1.807, 2.05) is 11.8 Å². The van der Waals surface area contributed by atoms with Gasteiger partial charge in [-0.3, -0.25) is 0 Å². The molecule has 0 aromatic heterocycles. The summed E-state index contributed by atoms with van der Waals surface area (Å²) in [6.07, 6.45) is 6.51. The zero-order valence-corrected chi connectivity index (χ0v) is 13.0. The Morgan fingerprint density at radius 1 is 1.26 bits per heavy atom. The second-order valence-corrected chi connectivity index (χ2v) is 6.58. The summed E-state index contributed by atoms with van der Waals surface area (Å²) in [5.41, 5.74) is 1.34. The zero-order valence-electron chi connectivity index (χ0n) is 12.2. The van der Waals surface area contributed by atoms with Crippen molar-refractivity contribution < 1.29 is 4.74 Å². The van der Waals surface area contributed by atoms with E-state index in [4.69, 9.17) is 4.74 Å². The molecule has 0 amide bonds. The molecule has 1 aromatic rings. The summed E-state index contributed by atoms with van der Waals surface area (Å²) in [5, 5.41) is 4.49. The van der Waals surface area contributed by atoms with Crippen LogP contribution in [0.3, 0.4) is 0 Å². The van der Waals surface area contributed by atoms with Crippen molar-refractivity contribution in [1.82, 2.24) is 5.32 Å². The van der Waals surface area contributed by atoms with Crippen LogP contribution in [0.15, 0.2) is 24.3 Å². The normalized spacial score (nSPS) is 22.9. The van der Waals surface area contributed by atoms with Crippen LogP contribution in [-0.2, 0) is 6.54 Å². The number of benzene rings is 1. The molecule has 106 valence electrons. The van der Waals surface area contributed by atoms with E-state index in [-0.39, 0.29) is 6.10 Å². The van der Waals surface area contributed by atoms with E-state index in [1.54, 1.807) is 0 Å². The minimum absolute atomic E-state index is 0.241. The molecule has 1 N–H and O–H groups in total. The van der Waals surface area contributed by atoms with Crippen LogP contribution in [0, 0.1) is 0 Å². The van der Waals surface area contributed by atoms with Gasteiger partial charge in [-0.2, -0.15) is 11.8 Å². The molecule has 0 heterocycles. The molecule has 0 saturated heterocycles. The molecule has 0 aliphatic heterocycles. The van der Waals surface area contributed by atoms with Gasteiger partial charge in [0, 0.05) is 17.8 Å². The largest absolute Gasteiger partial charge is 0.491 e. The fourth-order valence-electron chi connectivity index (χ4n) is 2.65. The first-order valence-electron chi connectivity index (χ1n) is 7.21. The van der Waals surface area contributed by atoms with E-state index >= 15 is 0 Å². The highest BCUT2D eigenvalue weighted by Crippen LogP contribution is 2.28. The lowest BCUT2D eigenvalue weighted by Gasteiger charge is -2.19. The second kappa shape index (κ2) is 7.20. The van der Waals surface area contributed by atoms with Gasteiger partial charge < -0.3 is 10.1 Å². The van der Waals surface area contributed by atoms with Crippen LogP contribution >= 0.6 is 11.8 Å². The fourth-order valence-corrected chi connectivity index (χ4v) is 3.61. The van der Waals surface area contributed by atoms with E-state index in [1.165, 1.54) is 24.8 Å². The molecule has 2 atom stereocenters. The van der Waals surface area contributed by atoms with Gasteiger partial charge in [0.1, 0.15) is 5.75 Å². The van der Waals surface area contributed by atoms with Crippen molar-refractivity contribution in [1.29, 1.82) is 0 Å². The summed E-state index contributed by atoms with van der Waals surface area (Å²) in [7, 11) is 0. The van der Waals surface area contributed by atoms with Crippen molar-refractivity contribution >= 4 is 11.8 Å². The highest BCUT2D eigenvalue weighted by Gasteiger charge is 2.25. The molecule has 19 heavy (non-hydrogen) atoms. The smallest absolute Gasteiger partial charge is 0.119 e. The predicted octanol–water partition coefficient (Wildman–Crippen LogP) is 3.85. The lowest BCUT2D eigenvalue weighted by molar-refractivity contribution is 0.242. The number of nitrogens with one attached hydrogen (secondary N) is 1. The molecule has 1 fully saturated rings. The average molecular weight is 279 g/mol. The summed E-state index contributed by atoms with van der Waals surface area (Å²) in [6.45, 7) is 5.07. The van der Waals surface area contributed by atoms with Crippen molar-refractivity contribution in [2.24, 2.45) is 0 Å². The molecule has 0 bridgehead atoms. The van der Waals surface area contributed by atoms with E-state index in [0.717, 1.165) is 17.5 Å². The first kappa shape index (κ1) is 14.7. The standard InChI is InChI=1S/C16H25NOS/c1-12(2)18-14-9-7-13(8-10-14)11-17-15-5-4-6-16(15)19-3/h7-10,12,15-17H,4-6,11H2,1-3H3. The van der Waals surface area contributed by atoms with Gasteiger partial charge in [-0.1, -0.05) is 18.6 Å². The number of thioether (sulfide) groups is 1. The third-order valence-corrected chi connectivity index (χ3v) is 4.79. The van der Waals surface area contributed by atoms with Crippen molar-refractivity contribution in [3.8, 4) is 5.75 Å². The Hall–Kier alpha value is -0.670. The van der Waals surface area contributed by atoms with Gasteiger partial charge >= 0.3 is 0 Å². The second-order valence-electron chi connectivity index (χ2n) is 5.50. The van der Waals surface area contributed by atoms with E-state index in [9.17, 15) is 0 Å². The summed E-state index contributed by atoms with van der Waals surface area (Å²) >= 11 is 2.00. The minimum Gasteiger partial charge on any atom is -0.491 e. The summed E-state index contributed by atoms with van der Waals surface area (Å²) in [6, 6.07) is 9.14. The van der Waals surface area contributed by atoms with Crippen LogP contribution in [0.25, 0.3) is 0 Å². The monoisotopic (exact) mass is 279 g/mol. The quantitative estimate of drug-likeness (QED) is 0.854. The zero-order chi connectivity index (χ0) is 13.7. The van der Waals surface area contributed by atoms with Gasteiger partial charge in [-0.25, -0.2) is 0 Å². The average Bonchev–Trinajstić information content (AvgIpc) is 2.84. The van der Waals surface area contributed by atoms with Crippen LogP contribution in [0.4, 0.5) is 0 Å². The number of ether oxygens (including phenoxy) is 1. The summed E-state index contributed by atoms with van der Waals surface area (Å²) in [5.74, 6) is 0.960. The molecule has 2 rings (SSSR count). The Labute approximate surface area is 121 Å². The van der Waals surface area contributed by atoms with Gasteiger partial charge in [0.25, 0.3) is 0 Å². The van der Waals surface area contributed by atoms with Crippen molar-refractivity contribution in [3.63, 3.8) is 0 Å². The Bertz CT molecular complexity index is 377. The van der Waals surface area contributed by atoms with Gasteiger partial charge in [-0.15, -0.1) is 0 Å². The molecule has 1 aliphatic rings. The summed E-state index contributed by atoms with van der Waals surface area (Å²) < 4.78 is 5.66. The van der Waals surface area contributed by atoms with Crippen LogP contribution in [0.1, 0.15) is 38.7 Å². The van der Waals surface area contributed by atoms with Crippen LogP contribution in [0.2, 0.25) is 0 Å². The van der Waals surface area contributed by atoms with Gasteiger partial charge in [0.15, 0.2) is 0 Å². The van der Waals surface area contributed by atoms with Gasteiger partial charge in [-0.05, 0) is 50.6 Å². The third-order valence-electron chi connectivity index (χ3n) is 3.62. The van der Waals surface area contributed by atoms with E-state index in [2.05, 4.69) is 49.7 Å². The molecule has 0 radical (unpaired) electrons. The summed E-state index contributed by atoms with van der Waals surface area (Å²) in [4.78, 5) is 0. The maximum atomic E-state index is 5.66. The molecule has 1 aromatic carbocycles. The first-order chi connectivity index (χ1) is 9.19. The van der Waals surface area contributed by atoms with Crippen LogP contribution in [0.5, 0.6) is 5.75 Å². The van der Waals surface area contributed by atoms with Crippen molar-refractivity contribution in [2.75, 3.05) is 6.26 Å². The molecule has 3 heteroatoms. The fraction of sp³-hybridized carbons (Fsp3) is 0.625. The predicted molar refractivity (Wildman–Crippen MR) is 84.0 cm³/mol.